The zero-order valence-electron chi connectivity index (χ0n) is 15.8. The van der Waals surface area contributed by atoms with E-state index in [4.69, 9.17) is 9.47 Å². The number of esters is 1. The number of ketones is 1. The van der Waals surface area contributed by atoms with Crippen molar-refractivity contribution in [3.63, 3.8) is 0 Å². The van der Waals surface area contributed by atoms with Crippen molar-refractivity contribution in [3.8, 4) is 5.75 Å². The Bertz CT molecular complexity index is 744. The van der Waals surface area contributed by atoms with Crippen molar-refractivity contribution in [3.05, 3.63) is 65.7 Å². The minimum absolute atomic E-state index is 0.249. The van der Waals surface area contributed by atoms with Crippen LogP contribution in [0.15, 0.2) is 54.6 Å². The van der Waals surface area contributed by atoms with Gasteiger partial charge in [-0.2, -0.15) is 0 Å². The summed E-state index contributed by atoms with van der Waals surface area (Å²) in [5, 5.41) is 0. The molecule has 0 bridgehead atoms. The number of hydrogen-bond donors (Lipinski definition) is 0. The molecule has 0 spiro atoms. The van der Waals surface area contributed by atoms with Crippen LogP contribution in [0.3, 0.4) is 0 Å². The SMILES string of the molecule is CCOC(=O)C(C(=O)c1cccc(OCc2ccccc2)c1)C(C)(C)C. The van der Waals surface area contributed by atoms with Crippen LogP contribution in [0.5, 0.6) is 5.75 Å². The highest BCUT2D eigenvalue weighted by Gasteiger charge is 2.39. The van der Waals surface area contributed by atoms with E-state index in [9.17, 15) is 9.59 Å². The summed E-state index contributed by atoms with van der Waals surface area (Å²) >= 11 is 0. The van der Waals surface area contributed by atoms with Crippen molar-refractivity contribution in [2.45, 2.75) is 34.3 Å². The van der Waals surface area contributed by atoms with Gasteiger partial charge >= 0.3 is 5.97 Å². The van der Waals surface area contributed by atoms with E-state index in [1.807, 2.05) is 51.1 Å². The zero-order chi connectivity index (χ0) is 19.2. The van der Waals surface area contributed by atoms with Gasteiger partial charge in [0, 0.05) is 5.56 Å². The number of benzene rings is 2. The Labute approximate surface area is 155 Å². The smallest absolute Gasteiger partial charge is 0.317 e. The Morgan fingerprint density at radius 2 is 1.69 bits per heavy atom. The first-order valence-corrected chi connectivity index (χ1v) is 8.80. The van der Waals surface area contributed by atoms with E-state index in [-0.39, 0.29) is 12.4 Å². The summed E-state index contributed by atoms with van der Waals surface area (Å²) in [5.41, 5.74) is 0.955. The zero-order valence-corrected chi connectivity index (χ0v) is 15.8. The van der Waals surface area contributed by atoms with E-state index in [0.29, 0.717) is 17.9 Å². The summed E-state index contributed by atoms with van der Waals surface area (Å²) < 4.78 is 10.9. The molecule has 1 unspecified atom stereocenters. The van der Waals surface area contributed by atoms with Crippen LogP contribution in [-0.2, 0) is 16.1 Å². The molecule has 0 aliphatic carbocycles. The molecule has 0 aromatic heterocycles. The lowest BCUT2D eigenvalue weighted by Crippen LogP contribution is -2.37. The monoisotopic (exact) mass is 354 g/mol. The second-order valence-electron chi connectivity index (χ2n) is 7.22. The largest absolute Gasteiger partial charge is 0.489 e. The fourth-order valence-electron chi connectivity index (χ4n) is 2.73. The van der Waals surface area contributed by atoms with E-state index in [1.54, 1.807) is 31.2 Å². The van der Waals surface area contributed by atoms with Crippen LogP contribution in [-0.4, -0.2) is 18.4 Å². The average molecular weight is 354 g/mol. The maximum Gasteiger partial charge on any atom is 0.317 e. The van der Waals surface area contributed by atoms with E-state index < -0.39 is 17.3 Å². The maximum absolute atomic E-state index is 13.0. The Morgan fingerprint density at radius 3 is 2.31 bits per heavy atom. The summed E-state index contributed by atoms with van der Waals surface area (Å²) in [6.45, 7) is 7.99. The van der Waals surface area contributed by atoms with Crippen molar-refractivity contribution in [1.29, 1.82) is 0 Å². The van der Waals surface area contributed by atoms with Gasteiger partial charge < -0.3 is 9.47 Å². The molecule has 2 aromatic rings. The number of carbonyl (C=O) groups excluding carboxylic acids is 2. The molecule has 4 heteroatoms. The van der Waals surface area contributed by atoms with Crippen molar-refractivity contribution in [2.24, 2.45) is 11.3 Å². The fraction of sp³-hybridized carbons (Fsp3) is 0.364. The summed E-state index contributed by atoms with van der Waals surface area (Å²) in [7, 11) is 0. The third kappa shape index (κ3) is 5.19. The highest BCUT2D eigenvalue weighted by atomic mass is 16.5. The maximum atomic E-state index is 13.0. The van der Waals surface area contributed by atoms with Crippen molar-refractivity contribution in [2.75, 3.05) is 6.61 Å². The quantitative estimate of drug-likeness (QED) is 0.412. The average Bonchev–Trinajstić information content (AvgIpc) is 2.60. The van der Waals surface area contributed by atoms with Gasteiger partial charge in [-0.1, -0.05) is 63.2 Å². The van der Waals surface area contributed by atoms with Gasteiger partial charge in [0.05, 0.1) is 6.61 Å². The highest BCUT2D eigenvalue weighted by Crippen LogP contribution is 2.31. The lowest BCUT2D eigenvalue weighted by Gasteiger charge is -2.27. The van der Waals surface area contributed by atoms with Gasteiger partial charge in [0.2, 0.25) is 0 Å². The molecule has 0 N–H and O–H groups in total. The molecule has 138 valence electrons. The van der Waals surface area contributed by atoms with Crippen LogP contribution in [0.4, 0.5) is 0 Å². The number of Topliss-reactive ketones (excluding diaryl/α,β-unsaturated/α-hetero) is 1. The molecule has 0 radical (unpaired) electrons. The molecule has 0 fully saturated rings. The predicted octanol–water partition coefficient (Wildman–Crippen LogP) is 4.67. The number of hydrogen-bond acceptors (Lipinski definition) is 4. The Balaban J connectivity index is 2.18. The molecule has 0 saturated carbocycles. The first-order chi connectivity index (χ1) is 12.3. The van der Waals surface area contributed by atoms with Crippen LogP contribution < -0.4 is 4.74 Å². The first-order valence-electron chi connectivity index (χ1n) is 8.80. The molecule has 0 amide bonds. The first kappa shape index (κ1) is 19.7. The van der Waals surface area contributed by atoms with Gasteiger partial charge in [-0.25, -0.2) is 0 Å². The van der Waals surface area contributed by atoms with Crippen LogP contribution in [0.25, 0.3) is 0 Å². The highest BCUT2D eigenvalue weighted by molar-refractivity contribution is 6.09. The van der Waals surface area contributed by atoms with E-state index in [2.05, 4.69) is 0 Å². The second kappa shape index (κ2) is 8.65. The van der Waals surface area contributed by atoms with Gasteiger partial charge in [-0.3, -0.25) is 9.59 Å². The molecule has 0 heterocycles. The van der Waals surface area contributed by atoms with Crippen LogP contribution in [0.2, 0.25) is 0 Å². The summed E-state index contributed by atoms with van der Waals surface area (Å²) in [6.07, 6.45) is 0. The summed E-state index contributed by atoms with van der Waals surface area (Å²) in [5.74, 6) is -0.996. The van der Waals surface area contributed by atoms with Gasteiger partial charge in [-0.05, 0) is 30.0 Å². The third-order valence-corrected chi connectivity index (χ3v) is 4.02. The Morgan fingerprint density at radius 1 is 1.00 bits per heavy atom. The van der Waals surface area contributed by atoms with Crippen molar-refractivity contribution >= 4 is 11.8 Å². The van der Waals surface area contributed by atoms with Gasteiger partial charge in [0.15, 0.2) is 5.78 Å². The molecule has 4 nitrogen and oxygen atoms in total. The summed E-state index contributed by atoms with van der Waals surface area (Å²) in [4.78, 5) is 25.3. The minimum atomic E-state index is -0.855. The molecule has 0 aliphatic heterocycles. The van der Waals surface area contributed by atoms with Crippen molar-refractivity contribution < 1.29 is 19.1 Å². The molecular formula is C22H26O4. The Hall–Kier alpha value is -2.62. The molecule has 26 heavy (non-hydrogen) atoms. The molecular weight excluding hydrogens is 328 g/mol. The lowest BCUT2D eigenvalue weighted by atomic mass is 9.76. The van der Waals surface area contributed by atoms with Gasteiger partial charge in [0.25, 0.3) is 0 Å². The molecule has 0 aliphatic rings. The second-order valence-corrected chi connectivity index (χ2v) is 7.22. The molecule has 2 rings (SSSR count). The number of carbonyl (C=O) groups is 2. The molecule has 0 saturated heterocycles. The fourth-order valence-corrected chi connectivity index (χ4v) is 2.73. The normalized spacial score (nSPS) is 12.3. The van der Waals surface area contributed by atoms with E-state index in [0.717, 1.165) is 5.56 Å². The van der Waals surface area contributed by atoms with Gasteiger partial charge in [0.1, 0.15) is 18.3 Å². The van der Waals surface area contributed by atoms with Crippen LogP contribution in [0, 0.1) is 11.3 Å². The van der Waals surface area contributed by atoms with Crippen molar-refractivity contribution in [1.82, 2.24) is 0 Å². The predicted molar refractivity (Wildman–Crippen MR) is 101 cm³/mol. The van der Waals surface area contributed by atoms with E-state index >= 15 is 0 Å². The number of ether oxygens (including phenoxy) is 2. The lowest BCUT2D eigenvalue weighted by molar-refractivity contribution is -0.149. The topological polar surface area (TPSA) is 52.6 Å². The number of rotatable bonds is 7. The minimum Gasteiger partial charge on any atom is -0.489 e. The van der Waals surface area contributed by atoms with Crippen LogP contribution in [0.1, 0.15) is 43.6 Å². The van der Waals surface area contributed by atoms with Gasteiger partial charge in [-0.15, -0.1) is 0 Å². The van der Waals surface area contributed by atoms with Crippen LogP contribution >= 0.6 is 0 Å². The summed E-state index contributed by atoms with van der Waals surface area (Å²) in [6, 6.07) is 16.8. The Kier molecular flexibility index (Phi) is 6.56. The van der Waals surface area contributed by atoms with E-state index in [1.165, 1.54) is 0 Å². The molecule has 1 atom stereocenters. The molecule has 2 aromatic carbocycles. The standard InChI is InChI=1S/C22H26O4/c1-5-25-21(24)19(22(2,3)4)20(23)17-12-9-13-18(14-17)26-15-16-10-7-6-8-11-16/h6-14,19H,5,15H2,1-4H3. The third-order valence-electron chi connectivity index (χ3n) is 4.02.